The molecule has 3 rings (SSSR count). The van der Waals surface area contributed by atoms with Crippen molar-refractivity contribution in [2.45, 2.75) is 20.3 Å². The molecule has 110 valence electrons. The summed E-state index contributed by atoms with van der Waals surface area (Å²) in [7, 11) is 0. The summed E-state index contributed by atoms with van der Waals surface area (Å²) < 4.78 is 16.5. The van der Waals surface area contributed by atoms with Gasteiger partial charge < -0.3 is 19.2 Å². The van der Waals surface area contributed by atoms with Crippen molar-refractivity contribution in [3.05, 3.63) is 41.3 Å². The van der Waals surface area contributed by atoms with Gasteiger partial charge in [0.05, 0.1) is 18.8 Å². The fraction of sp³-hybridized carbons (Fsp3) is 0.312. The Balaban J connectivity index is 1.80. The van der Waals surface area contributed by atoms with Crippen LogP contribution >= 0.6 is 0 Å². The van der Waals surface area contributed by atoms with Crippen LogP contribution in [0.15, 0.2) is 28.7 Å². The van der Waals surface area contributed by atoms with E-state index >= 15 is 0 Å². The normalized spacial score (nSPS) is 13.6. The quantitative estimate of drug-likeness (QED) is 0.920. The number of hydrogen-bond donors (Lipinski definition) is 1. The zero-order valence-electron chi connectivity index (χ0n) is 12.1. The lowest BCUT2D eigenvalue weighted by Crippen LogP contribution is -2.12. The predicted molar refractivity (Wildman–Crippen MR) is 78.2 cm³/mol. The van der Waals surface area contributed by atoms with E-state index in [4.69, 9.17) is 13.9 Å². The molecule has 0 radical (unpaired) electrons. The van der Waals surface area contributed by atoms with E-state index in [0.29, 0.717) is 41.7 Å². The van der Waals surface area contributed by atoms with Gasteiger partial charge >= 0.3 is 0 Å². The van der Waals surface area contributed by atoms with Crippen LogP contribution in [-0.4, -0.2) is 19.1 Å². The second-order valence-corrected chi connectivity index (χ2v) is 4.99. The molecule has 0 unspecified atom stereocenters. The molecule has 21 heavy (non-hydrogen) atoms. The van der Waals surface area contributed by atoms with E-state index in [1.807, 2.05) is 13.0 Å². The van der Waals surface area contributed by atoms with Crippen LogP contribution in [0.5, 0.6) is 11.5 Å². The Kier molecular flexibility index (Phi) is 3.56. The molecule has 5 heteroatoms. The molecule has 1 aromatic heterocycles. The summed E-state index contributed by atoms with van der Waals surface area (Å²) in [4.78, 5) is 12.2. The van der Waals surface area contributed by atoms with Gasteiger partial charge in [-0.15, -0.1) is 0 Å². The van der Waals surface area contributed by atoms with Crippen LogP contribution in [0.3, 0.4) is 0 Å². The van der Waals surface area contributed by atoms with Crippen molar-refractivity contribution in [2.75, 3.05) is 18.5 Å². The van der Waals surface area contributed by atoms with Crippen LogP contribution in [0, 0.1) is 13.8 Å². The monoisotopic (exact) mass is 287 g/mol. The molecule has 0 aliphatic carbocycles. The van der Waals surface area contributed by atoms with Crippen molar-refractivity contribution in [3.8, 4) is 11.5 Å². The molecule has 2 heterocycles. The van der Waals surface area contributed by atoms with Crippen molar-refractivity contribution in [2.24, 2.45) is 0 Å². The van der Waals surface area contributed by atoms with Crippen LogP contribution in [0.4, 0.5) is 5.69 Å². The number of carbonyl (C=O) groups excluding carboxylic acids is 1. The highest BCUT2D eigenvalue weighted by molar-refractivity contribution is 6.05. The first-order chi connectivity index (χ1) is 10.1. The van der Waals surface area contributed by atoms with Gasteiger partial charge in [-0.05, 0) is 32.0 Å². The Hall–Kier alpha value is -2.43. The van der Waals surface area contributed by atoms with E-state index < -0.39 is 0 Å². The fourth-order valence-corrected chi connectivity index (χ4v) is 2.30. The zero-order chi connectivity index (χ0) is 14.8. The minimum atomic E-state index is -0.196. The Morgan fingerprint density at radius 2 is 1.86 bits per heavy atom. The molecule has 2 aromatic rings. The molecule has 5 nitrogen and oxygen atoms in total. The van der Waals surface area contributed by atoms with Crippen LogP contribution in [0.2, 0.25) is 0 Å². The molecule has 0 atom stereocenters. The molecule has 0 fully saturated rings. The number of carbonyl (C=O) groups is 1. The van der Waals surface area contributed by atoms with E-state index in [1.165, 1.54) is 0 Å². The number of aryl methyl sites for hydroxylation is 2. The first-order valence-corrected chi connectivity index (χ1v) is 6.91. The predicted octanol–water partition coefficient (Wildman–Crippen LogP) is 3.31. The standard InChI is InChI=1S/C16H17NO4/c1-10-8-13(11(2)21-10)16(18)17-12-4-5-14-15(9-12)20-7-3-6-19-14/h4-5,8-9H,3,6-7H2,1-2H3,(H,17,18). The van der Waals surface area contributed by atoms with E-state index in [2.05, 4.69) is 5.32 Å². The van der Waals surface area contributed by atoms with Crippen molar-refractivity contribution < 1.29 is 18.7 Å². The number of anilines is 1. The number of fused-ring (bicyclic) bond motifs is 1. The number of furan rings is 1. The zero-order valence-corrected chi connectivity index (χ0v) is 12.1. The Bertz CT molecular complexity index is 675. The second kappa shape index (κ2) is 5.52. The maximum atomic E-state index is 12.2. The van der Waals surface area contributed by atoms with Crippen molar-refractivity contribution in [1.82, 2.24) is 0 Å². The highest BCUT2D eigenvalue weighted by Crippen LogP contribution is 2.32. The molecule has 0 spiro atoms. The first kappa shape index (κ1) is 13.5. The summed E-state index contributed by atoms with van der Waals surface area (Å²) in [5.41, 5.74) is 1.21. The van der Waals surface area contributed by atoms with Gasteiger partial charge in [0, 0.05) is 18.2 Å². The molecule has 0 saturated heterocycles. The summed E-state index contributed by atoms with van der Waals surface area (Å²) in [6.45, 7) is 4.85. The topological polar surface area (TPSA) is 60.7 Å². The van der Waals surface area contributed by atoms with Crippen LogP contribution in [-0.2, 0) is 0 Å². The van der Waals surface area contributed by atoms with Gasteiger partial charge in [0.2, 0.25) is 0 Å². The highest BCUT2D eigenvalue weighted by atomic mass is 16.5. The lowest BCUT2D eigenvalue weighted by atomic mass is 10.2. The van der Waals surface area contributed by atoms with Gasteiger partial charge in [0.1, 0.15) is 11.5 Å². The molecule has 1 amide bonds. The summed E-state index contributed by atoms with van der Waals surface area (Å²) >= 11 is 0. The third-order valence-electron chi connectivity index (χ3n) is 3.29. The number of ether oxygens (including phenoxy) is 2. The van der Waals surface area contributed by atoms with E-state index in [-0.39, 0.29) is 5.91 Å². The van der Waals surface area contributed by atoms with Gasteiger partial charge in [0.15, 0.2) is 11.5 Å². The number of nitrogens with one attached hydrogen (secondary N) is 1. The molecule has 1 aliphatic rings. The summed E-state index contributed by atoms with van der Waals surface area (Å²) in [6.07, 6.45) is 0.851. The lowest BCUT2D eigenvalue weighted by molar-refractivity contribution is 0.102. The first-order valence-electron chi connectivity index (χ1n) is 6.91. The van der Waals surface area contributed by atoms with Crippen LogP contribution in [0.25, 0.3) is 0 Å². The maximum Gasteiger partial charge on any atom is 0.259 e. The van der Waals surface area contributed by atoms with Crippen molar-refractivity contribution >= 4 is 11.6 Å². The number of amides is 1. The minimum absolute atomic E-state index is 0.196. The van der Waals surface area contributed by atoms with Crippen molar-refractivity contribution in [1.29, 1.82) is 0 Å². The number of benzene rings is 1. The average molecular weight is 287 g/mol. The number of hydrogen-bond acceptors (Lipinski definition) is 4. The SMILES string of the molecule is Cc1cc(C(=O)Nc2ccc3c(c2)OCCCO3)c(C)o1. The largest absolute Gasteiger partial charge is 0.490 e. The Labute approximate surface area is 122 Å². The van der Waals surface area contributed by atoms with Gasteiger partial charge in [0.25, 0.3) is 5.91 Å². The minimum Gasteiger partial charge on any atom is -0.490 e. The maximum absolute atomic E-state index is 12.2. The van der Waals surface area contributed by atoms with Crippen LogP contribution in [0.1, 0.15) is 28.3 Å². The van der Waals surface area contributed by atoms with E-state index in [1.54, 1.807) is 25.1 Å². The third-order valence-corrected chi connectivity index (χ3v) is 3.29. The Morgan fingerprint density at radius 1 is 1.10 bits per heavy atom. The molecular weight excluding hydrogens is 270 g/mol. The smallest absolute Gasteiger partial charge is 0.259 e. The average Bonchev–Trinajstić information content (AvgIpc) is 2.66. The molecule has 1 aliphatic heterocycles. The second-order valence-electron chi connectivity index (χ2n) is 4.99. The molecule has 0 saturated carbocycles. The third kappa shape index (κ3) is 2.86. The van der Waals surface area contributed by atoms with E-state index in [9.17, 15) is 4.79 Å². The summed E-state index contributed by atoms with van der Waals surface area (Å²) in [5.74, 6) is 2.50. The molecule has 1 N–H and O–H groups in total. The molecule has 0 bridgehead atoms. The molecule has 1 aromatic carbocycles. The van der Waals surface area contributed by atoms with Crippen LogP contribution < -0.4 is 14.8 Å². The Morgan fingerprint density at radius 3 is 2.57 bits per heavy atom. The van der Waals surface area contributed by atoms with Gasteiger partial charge in [-0.1, -0.05) is 0 Å². The van der Waals surface area contributed by atoms with E-state index in [0.717, 1.165) is 12.2 Å². The highest BCUT2D eigenvalue weighted by Gasteiger charge is 2.15. The summed E-state index contributed by atoms with van der Waals surface area (Å²) in [6, 6.07) is 7.12. The van der Waals surface area contributed by atoms with Crippen molar-refractivity contribution in [3.63, 3.8) is 0 Å². The van der Waals surface area contributed by atoms with Gasteiger partial charge in [-0.2, -0.15) is 0 Å². The number of rotatable bonds is 2. The van der Waals surface area contributed by atoms with Gasteiger partial charge in [-0.3, -0.25) is 4.79 Å². The summed E-state index contributed by atoms with van der Waals surface area (Å²) in [5, 5.41) is 2.85. The fourth-order valence-electron chi connectivity index (χ4n) is 2.30. The van der Waals surface area contributed by atoms with Gasteiger partial charge in [-0.25, -0.2) is 0 Å². The molecular formula is C16H17NO4. The lowest BCUT2D eigenvalue weighted by Gasteiger charge is -2.10.